The molecule has 10 rings (SSSR count). The summed E-state index contributed by atoms with van der Waals surface area (Å²) in [6, 6.07) is 28.1. The average Bonchev–Trinajstić information content (AvgIpc) is 3.52. The number of hydrogen-bond acceptors (Lipinski definition) is 2. The average molecular weight is 465 g/mol. The second kappa shape index (κ2) is 5.37. The van der Waals surface area contributed by atoms with Crippen LogP contribution in [-0.4, -0.2) is 9.38 Å². The van der Waals surface area contributed by atoms with Crippen LogP contribution in [-0.2, 0) is 0 Å². The van der Waals surface area contributed by atoms with Gasteiger partial charge in [-0.3, -0.25) is 4.98 Å². The summed E-state index contributed by atoms with van der Waals surface area (Å²) < 4.78 is 14.4. The van der Waals surface area contributed by atoms with E-state index in [0.29, 0.717) is 4.70 Å². The van der Waals surface area contributed by atoms with E-state index < -0.39 is 0 Å². The Kier molecular flexibility index (Phi) is 2.63. The predicted molar refractivity (Wildman–Crippen MR) is 137 cm³/mol. The molecule has 0 aliphatic carbocycles. The van der Waals surface area contributed by atoms with Crippen LogP contribution in [0.15, 0.2) is 91.3 Å². The lowest BCUT2D eigenvalue weighted by Gasteiger charge is -2.26. The molecule has 0 N–H and O–H groups in total. The van der Waals surface area contributed by atoms with Gasteiger partial charge in [0.15, 0.2) is 27.9 Å². The summed E-state index contributed by atoms with van der Waals surface area (Å²) in [7, 11) is 0. The Balaban J connectivity index is 1.61. The standard InChI is InChI=1S/C30H18N5O/c1-17-13-15-32-23(16-17)18-6-4-10-24-28(18)35(32)29-25(36-24)12-11-19-26(29)30-33(22-9-5-14-31-27(19)22)20-7-2-3-8-21(20)34(30)35/h2-16H,1H3/q+3. The lowest BCUT2D eigenvalue weighted by molar-refractivity contribution is -1.01. The Morgan fingerprint density at radius 1 is 0.861 bits per heavy atom. The zero-order valence-electron chi connectivity index (χ0n) is 19.3. The van der Waals surface area contributed by atoms with Crippen LogP contribution in [0, 0.1) is 6.92 Å². The molecule has 6 nitrogen and oxygen atoms in total. The summed E-state index contributed by atoms with van der Waals surface area (Å²) in [6.45, 7) is 2.16. The highest BCUT2D eigenvalue weighted by molar-refractivity contribution is 6.18. The molecule has 3 aliphatic heterocycles. The minimum atomic E-state index is 0.413. The number of hydrogen-bond donors (Lipinski definition) is 0. The highest BCUT2D eigenvalue weighted by atomic mass is 16.5. The molecule has 3 aliphatic rings. The molecule has 1 spiro atoms. The SMILES string of the molecule is Cc1cc[n+]2c(c1)-c1cccc3c1[N+]21c2c(ccc4c5ncccc5n5c6ccccc6[n+]1c5c24)O3. The zero-order valence-corrected chi connectivity index (χ0v) is 19.3. The fourth-order valence-corrected chi connectivity index (χ4v) is 7.01. The van der Waals surface area contributed by atoms with E-state index in [-0.39, 0.29) is 0 Å². The van der Waals surface area contributed by atoms with E-state index >= 15 is 0 Å². The van der Waals surface area contributed by atoms with Crippen LogP contribution in [0.5, 0.6) is 11.5 Å². The van der Waals surface area contributed by atoms with Crippen molar-refractivity contribution in [2.24, 2.45) is 0 Å². The van der Waals surface area contributed by atoms with Gasteiger partial charge >= 0.3 is 11.3 Å². The molecule has 0 bridgehead atoms. The van der Waals surface area contributed by atoms with E-state index in [0.717, 1.165) is 44.9 Å². The predicted octanol–water partition coefficient (Wildman–Crippen LogP) is 5.64. The first-order chi connectivity index (χ1) is 17.8. The number of para-hydroxylation sites is 3. The number of rotatable bonds is 0. The minimum absolute atomic E-state index is 0.413. The van der Waals surface area contributed by atoms with Gasteiger partial charge in [-0.1, -0.05) is 18.2 Å². The monoisotopic (exact) mass is 464 g/mol. The van der Waals surface area contributed by atoms with Gasteiger partial charge in [-0.25, -0.2) is 0 Å². The molecule has 36 heavy (non-hydrogen) atoms. The van der Waals surface area contributed by atoms with Gasteiger partial charge in [0.25, 0.3) is 11.4 Å². The summed E-state index contributed by atoms with van der Waals surface area (Å²) in [5.74, 6) is 1.78. The molecule has 6 heteroatoms. The molecule has 7 heterocycles. The number of ether oxygens (including phenoxy) is 1. The highest BCUT2D eigenvalue weighted by Crippen LogP contribution is 2.60. The van der Waals surface area contributed by atoms with E-state index in [4.69, 9.17) is 9.72 Å². The lowest BCUT2D eigenvalue weighted by atomic mass is 10.0. The molecule has 7 aromatic rings. The van der Waals surface area contributed by atoms with E-state index in [1.165, 1.54) is 33.2 Å². The number of aryl methyl sites for hydroxylation is 1. The lowest BCUT2D eigenvalue weighted by Crippen LogP contribution is -2.81. The molecule has 0 saturated carbocycles. The fraction of sp³-hybridized carbons (Fsp3) is 0.0333. The van der Waals surface area contributed by atoms with E-state index in [9.17, 15) is 0 Å². The largest absolute Gasteiger partial charge is 0.444 e. The van der Waals surface area contributed by atoms with Crippen LogP contribution in [0.4, 0.5) is 11.4 Å². The molecule has 3 aromatic carbocycles. The molecule has 166 valence electrons. The van der Waals surface area contributed by atoms with Gasteiger partial charge in [-0.15, -0.1) is 0 Å². The van der Waals surface area contributed by atoms with E-state index in [1.807, 2.05) is 12.3 Å². The van der Waals surface area contributed by atoms with E-state index in [2.05, 4.69) is 99.7 Å². The molecule has 0 fully saturated rings. The van der Waals surface area contributed by atoms with Crippen molar-refractivity contribution in [2.75, 3.05) is 0 Å². The third-order valence-electron chi connectivity index (χ3n) is 8.22. The fourth-order valence-electron chi connectivity index (χ4n) is 7.01. The maximum Gasteiger partial charge on any atom is 0.360 e. The topological polar surface area (TPSA) is 34.3 Å². The van der Waals surface area contributed by atoms with Crippen LogP contribution < -0.4 is 18.8 Å². The van der Waals surface area contributed by atoms with Crippen LogP contribution in [0.3, 0.4) is 0 Å². The smallest absolute Gasteiger partial charge is 0.360 e. The molecule has 1 unspecified atom stereocenters. The van der Waals surface area contributed by atoms with Gasteiger partial charge in [0.05, 0.1) is 0 Å². The summed E-state index contributed by atoms with van der Waals surface area (Å²) in [6.07, 6.45) is 4.12. The summed E-state index contributed by atoms with van der Waals surface area (Å²) in [4.78, 5) is 4.89. The number of quaternary nitrogens is 1. The summed E-state index contributed by atoms with van der Waals surface area (Å²) in [5, 5.41) is 2.34. The van der Waals surface area contributed by atoms with Gasteiger partial charge in [-0.05, 0) is 61.0 Å². The van der Waals surface area contributed by atoms with Gasteiger partial charge in [0, 0.05) is 33.1 Å². The normalized spacial score (nSPS) is 17.9. The first-order valence-electron chi connectivity index (χ1n) is 12.2. The number of imidazole rings is 1. The first kappa shape index (κ1) is 17.6. The van der Waals surface area contributed by atoms with Crippen molar-refractivity contribution in [3.05, 3.63) is 96.8 Å². The zero-order chi connectivity index (χ0) is 23.3. The second-order valence-corrected chi connectivity index (χ2v) is 9.96. The van der Waals surface area contributed by atoms with Gasteiger partial charge in [0.1, 0.15) is 15.8 Å². The second-order valence-electron chi connectivity index (χ2n) is 9.96. The van der Waals surface area contributed by atoms with Crippen LogP contribution in [0.2, 0.25) is 0 Å². The molecule has 1 atom stereocenters. The summed E-state index contributed by atoms with van der Waals surface area (Å²) >= 11 is 0. The van der Waals surface area contributed by atoms with Crippen molar-refractivity contribution in [1.82, 2.24) is 14.1 Å². The van der Waals surface area contributed by atoms with Gasteiger partial charge in [-0.2, -0.15) is 4.40 Å². The third-order valence-corrected chi connectivity index (χ3v) is 8.22. The Morgan fingerprint density at radius 2 is 1.75 bits per heavy atom. The molecule has 0 saturated heterocycles. The van der Waals surface area contributed by atoms with Crippen molar-refractivity contribution in [2.45, 2.75) is 6.92 Å². The van der Waals surface area contributed by atoms with Crippen molar-refractivity contribution in [3.8, 4) is 22.8 Å². The Bertz CT molecular complexity index is 2210. The molecule has 0 amide bonds. The molecular formula is C30H18N5O+3. The van der Waals surface area contributed by atoms with Crippen LogP contribution in [0.25, 0.3) is 49.7 Å². The number of benzene rings is 3. The molecular weight excluding hydrogens is 446 g/mol. The number of pyridine rings is 3. The highest BCUT2D eigenvalue weighted by Gasteiger charge is 2.71. The third kappa shape index (κ3) is 1.58. The number of aromatic nitrogens is 4. The molecule has 0 radical (unpaired) electrons. The first-order valence-corrected chi connectivity index (χ1v) is 12.2. The number of fused-ring (bicyclic) bond motifs is 8. The van der Waals surface area contributed by atoms with Gasteiger partial charge < -0.3 is 4.74 Å². The van der Waals surface area contributed by atoms with Crippen molar-refractivity contribution < 1.29 is 14.1 Å². The Labute approximate surface area is 204 Å². The van der Waals surface area contributed by atoms with Crippen molar-refractivity contribution in [3.63, 3.8) is 0 Å². The maximum atomic E-state index is 6.66. The van der Waals surface area contributed by atoms with Crippen LogP contribution in [0.1, 0.15) is 5.56 Å². The Hall–Kier alpha value is -4.81. The minimum Gasteiger partial charge on any atom is -0.444 e. The van der Waals surface area contributed by atoms with E-state index in [1.54, 1.807) is 0 Å². The quantitative estimate of drug-likeness (QED) is 0.165. The summed E-state index contributed by atoms with van der Waals surface area (Å²) in [5.41, 5.74) is 11.5. The molecule has 4 aromatic heterocycles. The number of nitrogens with zero attached hydrogens (tertiary/aromatic N) is 5. The van der Waals surface area contributed by atoms with Crippen molar-refractivity contribution >= 4 is 49.9 Å². The van der Waals surface area contributed by atoms with Crippen LogP contribution >= 0.6 is 0 Å². The van der Waals surface area contributed by atoms with Gasteiger partial charge in [0.2, 0.25) is 11.7 Å². The Morgan fingerprint density at radius 3 is 2.72 bits per heavy atom. The van der Waals surface area contributed by atoms with Crippen molar-refractivity contribution in [1.29, 1.82) is 0 Å². The maximum absolute atomic E-state index is 6.66.